The lowest BCUT2D eigenvalue weighted by Gasteiger charge is -2.37. The molecule has 0 bridgehead atoms. The summed E-state index contributed by atoms with van der Waals surface area (Å²) in [7, 11) is -2.41. The molecular formula is C30H30O5S. The van der Waals surface area contributed by atoms with E-state index in [-0.39, 0.29) is 18.1 Å². The van der Waals surface area contributed by atoms with Crippen LogP contribution in [0.15, 0.2) is 120 Å². The number of rotatable bonds is 11. The first-order valence-electron chi connectivity index (χ1n) is 11.7. The van der Waals surface area contributed by atoms with Gasteiger partial charge in [0.1, 0.15) is 11.7 Å². The van der Waals surface area contributed by atoms with Gasteiger partial charge in [-0.3, -0.25) is 4.18 Å². The third-order valence-corrected chi connectivity index (χ3v) is 7.37. The molecule has 0 amide bonds. The zero-order valence-electron chi connectivity index (χ0n) is 20.4. The summed E-state index contributed by atoms with van der Waals surface area (Å²) in [6, 6.07) is 36.5. The molecule has 0 aromatic heterocycles. The first-order chi connectivity index (χ1) is 17.5. The lowest BCUT2D eigenvalue weighted by atomic mass is 9.80. The van der Waals surface area contributed by atoms with Crippen molar-refractivity contribution < 1.29 is 22.1 Å². The van der Waals surface area contributed by atoms with Crippen LogP contribution >= 0.6 is 0 Å². The minimum absolute atomic E-state index is 0.0958. The van der Waals surface area contributed by atoms with Crippen LogP contribution in [0.25, 0.3) is 0 Å². The highest BCUT2D eigenvalue weighted by Crippen LogP contribution is 2.40. The fraction of sp³-hybridized carbons (Fsp3) is 0.200. The molecule has 5 nitrogen and oxygen atoms in total. The van der Waals surface area contributed by atoms with Gasteiger partial charge < -0.3 is 9.47 Å². The standard InChI is InChI=1S/C30H30O5S/c1-24-18-20-29(21-19-24)36(31,32)35-23-28(33-2)22-34-30(25-12-6-3-7-13-25,26-14-8-4-9-15-26)27-16-10-5-11-17-27/h3-21,28H,22-23H2,1-2H3. The Hall–Kier alpha value is -3.29. The normalized spacial score (nSPS) is 12.8. The first kappa shape index (κ1) is 25.8. The molecule has 0 N–H and O–H groups in total. The van der Waals surface area contributed by atoms with Crippen LogP contribution in [-0.2, 0) is 29.4 Å². The van der Waals surface area contributed by atoms with Crippen molar-refractivity contribution in [3.8, 4) is 0 Å². The molecule has 186 valence electrons. The Morgan fingerprint density at radius 3 is 1.53 bits per heavy atom. The fourth-order valence-electron chi connectivity index (χ4n) is 4.11. The zero-order chi connectivity index (χ0) is 25.4. The van der Waals surface area contributed by atoms with E-state index < -0.39 is 21.8 Å². The molecule has 0 radical (unpaired) electrons. The van der Waals surface area contributed by atoms with E-state index in [9.17, 15) is 8.42 Å². The molecule has 36 heavy (non-hydrogen) atoms. The van der Waals surface area contributed by atoms with E-state index in [0.717, 1.165) is 22.3 Å². The van der Waals surface area contributed by atoms with Crippen LogP contribution in [0.2, 0.25) is 0 Å². The van der Waals surface area contributed by atoms with Gasteiger partial charge in [0.25, 0.3) is 10.1 Å². The molecule has 1 atom stereocenters. The van der Waals surface area contributed by atoms with E-state index in [4.69, 9.17) is 13.7 Å². The van der Waals surface area contributed by atoms with E-state index >= 15 is 0 Å². The number of benzene rings is 4. The van der Waals surface area contributed by atoms with Crippen molar-refractivity contribution in [2.75, 3.05) is 20.3 Å². The Bertz CT molecular complexity index is 1230. The average Bonchev–Trinajstić information content (AvgIpc) is 2.93. The van der Waals surface area contributed by atoms with E-state index in [1.54, 1.807) is 12.1 Å². The van der Waals surface area contributed by atoms with Gasteiger partial charge in [-0.15, -0.1) is 0 Å². The molecule has 0 heterocycles. The highest BCUT2D eigenvalue weighted by atomic mass is 32.2. The number of hydrogen-bond donors (Lipinski definition) is 0. The minimum atomic E-state index is -3.93. The Morgan fingerprint density at radius 2 is 1.11 bits per heavy atom. The molecule has 0 saturated carbocycles. The highest BCUT2D eigenvalue weighted by molar-refractivity contribution is 7.86. The summed E-state index contributed by atoms with van der Waals surface area (Å²) in [6.45, 7) is 1.81. The van der Waals surface area contributed by atoms with Crippen molar-refractivity contribution in [3.63, 3.8) is 0 Å². The Balaban J connectivity index is 1.63. The molecule has 6 heteroatoms. The molecule has 0 spiro atoms. The summed E-state index contributed by atoms with van der Waals surface area (Å²) in [5.74, 6) is 0. The maximum absolute atomic E-state index is 12.7. The van der Waals surface area contributed by atoms with Gasteiger partial charge in [-0.1, -0.05) is 109 Å². The second kappa shape index (κ2) is 11.6. The molecule has 0 saturated heterocycles. The van der Waals surface area contributed by atoms with Crippen molar-refractivity contribution in [1.82, 2.24) is 0 Å². The Kier molecular flexibility index (Phi) is 8.33. The quantitative estimate of drug-likeness (QED) is 0.194. The van der Waals surface area contributed by atoms with Gasteiger partial charge in [-0.05, 0) is 35.7 Å². The van der Waals surface area contributed by atoms with Crippen molar-refractivity contribution in [2.45, 2.75) is 23.5 Å². The van der Waals surface area contributed by atoms with Gasteiger partial charge in [0.2, 0.25) is 0 Å². The molecule has 4 aromatic rings. The molecule has 1 unspecified atom stereocenters. The topological polar surface area (TPSA) is 61.8 Å². The summed E-state index contributed by atoms with van der Waals surface area (Å²) in [5, 5.41) is 0. The van der Waals surface area contributed by atoms with Crippen LogP contribution in [0, 0.1) is 6.92 Å². The van der Waals surface area contributed by atoms with Crippen molar-refractivity contribution in [1.29, 1.82) is 0 Å². The smallest absolute Gasteiger partial charge is 0.297 e. The van der Waals surface area contributed by atoms with Gasteiger partial charge >= 0.3 is 0 Å². The SMILES string of the molecule is COC(COC(c1ccccc1)(c1ccccc1)c1ccccc1)COS(=O)(=O)c1ccc(C)cc1. The van der Waals surface area contributed by atoms with Crippen LogP contribution in [-0.4, -0.2) is 34.8 Å². The van der Waals surface area contributed by atoms with Crippen LogP contribution in [0.4, 0.5) is 0 Å². The van der Waals surface area contributed by atoms with Crippen molar-refractivity contribution in [2.24, 2.45) is 0 Å². The lowest BCUT2D eigenvalue weighted by Crippen LogP contribution is -2.37. The largest absolute Gasteiger partial charge is 0.377 e. The van der Waals surface area contributed by atoms with Crippen LogP contribution in [0.5, 0.6) is 0 Å². The fourth-order valence-corrected chi connectivity index (χ4v) is 5.05. The number of aryl methyl sites for hydroxylation is 1. The predicted molar refractivity (Wildman–Crippen MR) is 140 cm³/mol. The molecule has 4 aromatic carbocycles. The number of methoxy groups -OCH3 is 1. The molecular weight excluding hydrogens is 472 g/mol. The van der Waals surface area contributed by atoms with Gasteiger partial charge in [0.05, 0.1) is 18.1 Å². The average molecular weight is 503 g/mol. The Labute approximate surface area is 213 Å². The van der Waals surface area contributed by atoms with E-state index in [2.05, 4.69) is 0 Å². The van der Waals surface area contributed by atoms with E-state index in [0.29, 0.717) is 0 Å². The summed E-state index contributed by atoms with van der Waals surface area (Å²) < 4.78 is 43.1. The molecule has 0 aliphatic rings. The second-order valence-electron chi connectivity index (χ2n) is 8.50. The van der Waals surface area contributed by atoms with Gasteiger partial charge in [-0.2, -0.15) is 8.42 Å². The zero-order valence-corrected chi connectivity index (χ0v) is 21.2. The maximum atomic E-state index is 12.7. The van der Waals surface area contributed by atoms with Gasteiger partial charge in [-0.25, -0.2) is 0 Å². The summed E-state index contributed by atoms with van der Waals surface area (Å²) in [4.78, 5) is 0.107. The summed E-state index contributed by atoms with van der Waals surface area (Å²) in [5.41, 5.74) is 2.88. The highest BCUT2D eigenvalue weighted by Gasteiger charge is 2.38. The number of hydrogen-bond acceptors (Lipinski definition) is 5. The van der Waals surface area contributed by atoms with Crippen LogP contribution < -0.4 is 0 Å². The summed E-state index contributed by atoms with van der Waals surface area (Å²) in [6.07, 6.45) is -0.624. The van der Waals surface area contributed by atoms with E-state index in [1.807, 2.05) is 97.9 Å². The summed E-state index contributed by atoms with van der Waals surface area (Å²) >= 11 is 0. The minimum Gasteiger partial charge on any atom is -0.377 e. The predicted octanol–water partition coefficient (Wildman–Crippen LogP) is 5.72. The van der Waals surface area contributed by atoms with Gasteiger partial charge in [0.15, 0.2) is 0 Å². The third-order valence-electron chi connectivity index (χ3n) is 6.08. The van der Waals surface area contributed by atoms with Crippen LogP contribution in [0.3, 0.4) is 0 Å². The number of ether oxygens (including phenoxy) is 2. The molecule has 0 fully saturated rings. The first-order valence-corrected chi connectivity index (χ1v) is 13.2. The Morgan fingerprint density at radius 1 is 0.667 bits per heavy atom. The second-order valence-corrected chi connectivity index (χ2v) is 10.1. The third kappa shape index (κ3) is 5.74. The van der Waals surface area contributed by atoms with Gasteiger partial charge in [0, 0.05) is 7.11 Å². The molecule has 0 aliphatic carbocycles. The molecule has 4 rings (SSSR count). The van der Waals surface area contributed by atoms with Crippen molar-refractivity contribution in [3.05, 3.63) is 138 Å². The van der Waals surface area contributed by atoms with Crippen LogP contribution in [0.1, 0.15) is 22.3 Å². The van der Waals surface area contributed by atoms with E-state index in [1.165, 1.54) is 19.2 Å². The maximum Gasteiger partial charge on any atom is 0.297 e. The molecule has 0 aliphatic heterocycles. The monoisotopic (exact) mass is 502 g/mol. The lowest BCUT2D eigenvalue weighted by molar-refractivity contribution is -0.0631. The van der Waals surface area contributed by atoms with Crippen molar-refractivity contribution >= 4 is 10.1 Å².